The van der Waals surface area contributed by atoms with E-state index in [1.54, 1.807) is 6.20 Å². The lowest BCUT2D eigenvalue weighted by Gasteiger charge is -2.26. The lowest BCUT2D eigenvalue weighted by atomic mass is 10.0. The first-order chi connectivity index (χ1) is 9.28. The summed E-state index contributed by atoms with van der Waals surface area (Å²) in [5, 5.41) is 3.13. The number of anilines is 1. The highest BCUT2D eigenvalue weighted by Gasteiger charge is 2.27. The van der Waals surface area contributed by atoms with Crippen molar-refractivity contribution >= 4 is 11.5 Å². The molecule has 0 spiro atoms. The molecule has 2 aliphatic heterocycles. The Balaban J connectivity index is 1.87. The van der Waals surface area contributed by atoms with Gasteiger partial charge in [0.1, 0.15) is 5.84 Å². The molecule has 3 nitrogen and oxygen atoms in total. The Bertz CT molecular complexity index is 596. The van der Waals surface area contributed by atoms with E-state index in [1.165, 1.54) is 11.1 Å². The van der Waals surface area contributed by atoms with E-state index in [2.05, 4.69) is 65.3 Å². The van der Waals surface area contributed by atoms with Crippen LogP contribution in [0.15, 0.2) is 66.0 Å². The molecule has 96 valence electrons. The highest BCUT2D eigenvalue weighted by molar-refractivity contribution is 5.97. The highest BCUT2D eigenvalue weighted by Crippen LogP contribution is 2.31. The molecular weight excluding hydrogens is 234 g/mol. The van der Waals surface area contributed by atoms with Gasteiger partial charge in [0.25, 0.3) is 0 Å². The molecular formula is C16H17N3. The van der Waals surface area contributed by atoms with Crippen molar-refractivity contribution in [3.63, 3.8) is 0 Å². The van der Waals surface area contributed by atoms with E-state index in [9.17, 15) is 0 Å². The number of benzene rings is 1. The number of fused-ring (bicyclic) bond motifs is 1. The van der Waals surface area contributed by atoms with Gasteiger partial charge in [-0.25, -0.2) is 0 Å². The number of nitrogens with one attached hydrogen (secondary N) is 1. The second kappa shape index (κ2) is 4.76. The molecule has 3 heteroatoms. The second-order valence-electron chi connectivity index (χ2n) is 4.80. The van der Waals surface area contributed by atoms with Gasteiger partial charge in [-0.1, -0.05) is 18.7 Å². The Hall–Kier alpha value is -2.29. The molecule has 3 rings (SSSR count). The van der Waals surface area contributed by atoms with Gasteiger partial charge in [-0.15, -0.1) is 0 Å². The smallest absolute Gasteiger partial charge is 0.128 e. The Labute approximate surface area is 113 Å². The number of allylic oxidation sites excluding steroid dienone is 2. The van der Waals surface area contributed by atoms with Crippen LogP contribution in [-0.2, 0) is 0 Å². The molecule has 0 saturated heterocycles. The van der Waals surface area contributed by atoms with Crippen LogP contribution >= 0.6 is 0 Å². The first-order valence-electron chi connectivity index (χ1n) is 6.44. The van der Waals surface area contributed by atoms with E-state index in [1.807, 2.05) is 6.07 Å². The summed E-state index contributed by atoms with van der Waals surface area (Å²) < 4.78 is 0. The largest absolute Gasteiger partial charge is 0.362 e. The van der Waals surface area contributed by atoms with Crippen molar-refractivity contribution in [3.05, 3.63) is 66.5 Å². The number of hydrogen-bond acceptors (Lipinski definition) is 3. The van der Waals surface area contributed by atoms with E-state index < -0.39 is 0 Å². The molecule has 0 bridgehead atoms. The number of rotatable bonds is 3. The Morgan fingerprint density at radius 1 is 1.47 bits per heavy atom. The highest BCUT2D eigenvalue weighted by atomic mass is 15.3. The summed E-state index contributed by atoms with van der Waals surface area (Å²) in [7, 11) is 0. The molecule has 1 aromatic rings. The van der Waals surface area contributed by atoms with E-state index >= 15 is 0 Å². The number of nitrogens with zero attached hydrogens (tertiary/aromatic N) is 2. The zero-order chi connectivity index (χ0) is 13.2. The van der Waals surface area contributed by atoms with Crippen molar-refractivity contribution in [2.75, 3.05) is 11.9 Å². The van der Waals surface area contributed by atoms with Crippen molar-refractivity contribution in [1.29, 1.82) is 0 Å². The van der Waals surface area contributed by atoms with Gasteiger partial charge in [0.15, 0.2) is 0 Å². The van der Waals surface area contributed by atoms with E-state index in [-0.39, 0.29) is 0 Å². The van der Waals surface area contributed by atoms with Crippen molar-refractivity contribution in [3.8, 4) is 0 Å². The van der Waals surface area contributed by atoms with Crippen LogP contribution in [0.1, 0.15) is 18.5 Å². The number of aliphatic imine (C=N–C) groups is 1. The molecule has 1 atom stereocenters. The third-order valence-electron chi connectivity index (χ3n) is 3.42. The van der Waals surface area contributed by atoms with Gasteiger partial charge in [-0.05, 0) is 48.5 Å². The van der Waals surface area contributed by atoms with Crippen LogP contribution < -0.4 is 5.32 Å². The molecule has 0 aromatic heterocycles. The molecule has 1 N–H and O–H groups in total. The normalized spacial score (nSPS) is 20.7. The number of amidine groups is 1. The Morgan fingerprint density at radius 3 is 3.21 bits per heavy atom. The van der Waals surface area contributed by atoms with Gasteiger partial charge in [0.05, 0.1) is 12.6 Å². The van der Waals surface area contributed by atoms with Crippen molar-refractivity contribution < 1.29 is 0 Å². The predicted octanol–water partition coefficient (Wildman–Crippen LogP) is 3.47. The minimum Gasteiger partial charge on any atom is -0.362 e. The van der Waals surface area contributed by atoms with Crippen LogP contribution in [0.2, 0.25) is 0 Å². The monoisotopic (exact) mass is 251 g/mol. The first kappa shape index (κ1) is 11.8. The van der Waals surface area contributed by atoms with Crippen LogP contribution in [0.4, 0.5) is 5.69 Å². The maximum Gasteiger partial charge on any atom is 0.128 e. The maximum atomic E-state index is 4.62. The minimum absolute atomic E-state index is 0.294. The zero-order valence-electron chi connectivity index (χ0n) is 11.0. The number of hydrogen-bond donors (Lipinski definition) is 1. The summed E-state index contributed by atoms with van der Waals surface area (Å²) in [4.78, 5) is 6.85. The lowest BCUT2D eigenvalue weighted by Crippen LogP contribution is -2.26. The third kappa shape index (κ3) is 2.19. The topological polar surface area (TPSA) is 27.6 Å². The van der Waals surface area contributed by atoms with Gasteiger partial charge in [-0.3, -0.25) is 4.99 Å². The van der Waals surface area contributed by atoms with E-state index in [0.29, 0.717) is 6.04 Å². The van der Waals surface area contributed by atoms with E-state index in [0.717, 1.165) is 18.1 Å². The maximum absolute atomic E-state index is 4.62. The summed E-state index contributed by atoms with van der Waals surface area (Å²) in [6.45, 7) is 6.60. The molecule has 1 aromatic carbocycles. The summed E-state index contributed by atoms with van der Waals surface area (Å²) in [6, 6.07) is 8.70. The minimum atomic E-state index is 0.294. The summed E-state index contributed by atoms with van der Waals surface area (Å²) in [5.74, 6) is 1.06. The van der Waals surface area contributed by atoms with Crippen molar-refractivity contribution in [1.82, 2.24) is 4.90 Å². The lowest BCUT2D eigenvalue weighted by molar-refractivity contribution is 0.457. The zero-order valence-corrected chi connectivity index (χ0v) is 11.0. The molecule has 0 fully saturated rings. The third-order valence-corrected chi connectivity index (χ3v) is 3.42. The summed E-state index contributed by atoms with van der Waals surface area (Å²) in [5.41, 5.74) is 3.58. The molecule has 0 radical (unpaired) electrons. The molecule has 19 heavy (non-hydrogen) atoms. The average molecular weight is 251 g/mol. The second-order valence-corrected chi connectivity index (χ2v) is 4.80. The molecule has 2 aliphatic rings. The van der Waals surface area contributed by atoms with Crippen LogP contribution in [0, 0.1) is 0 Å². The first-order valence-corrected chi connectivity index (χ1v) is 6.44. The van der Waals surface area contributed by atoms with Gasteiger partial charge >= 0.3 is 0 Å². The molecule has 0 saturated carbocycles. The SMILES string of the molecule is C=CNc1cccc(C2CN=C3C=C(C)C=CN32)c1. The molecule has 2 heterocycles. The Morgan fingerprint density at radius 2 is 2.37 bits per heavy atom. The Kier molecular flexibility index (Phi) is 2.95. The average Bonchev–Trinajstić information content (AvgIpc) is 2.82. The van der Waals surface area contributed by atoms with Gasteiger partial charge in [-0.2, -0.15) is 0 Å². The van der Waals surface area contributed by atoms with Gasteiger partial charge in [0.2, 0.25) is 0 Å². The fourth-order valence-electron chi connectivity index (χ4n) is 2.48. The molecule has 1 unspecified atom stereocenters. The van der Waals surface area contributed by atoms with Gasteiger partial charge < -0.3 is 10.2 Å². The van der Waals surface area contributed by atoms with Crippen LogP contribution in [-0.4, -0.2) is 17.3 Å². The standard InChI is InChI=1S/C16H17N3/c1-3-17-14-6-4-5-13(10-14)15-11-18-16-9-12(2)7-8-19(15)16/h3-10,15,17H,1,11H2,2H3. The van der Waals surface area contributed by atoms with E-state index in [4.69, 9.17) is 0 Å². The molecule has 0 aliphatic carbocycles. The van der Waals surface area contributed by atoms with Crippen molar-refractivity contribution in [2.45, 2.75) is 13.0 Å². The van der Waals surface area contributed by atoms with Crippen LogP contribution in [0.3, 0.4) is 0 Å². The van der Waals surface area contributed by atoms with Crippen molar-refractivity contribution in [2.24, 2.45) is 4.99 Å². The summed E-state index contributed by atoms with van der Waals surface area (Å²) >= 11 is 0. The van der Waals surface area contributed by atoms with Gasteiger partial charge in [0, 0.05) is 11.9 Å². The van der Waals surface area contributed by atoms with Crippen LogP contribution in [0.5, 0.6) is 0 Å². The fourth-order valence-corrected chi connectivity index (χ4v) is 2.48. The quantitative estimate of drug-likeness (QED) is 0.890. The molecule has 0 amide bonds. The summed E-state index contributed by atoms with van der Waals surface area (Å²) in [6.07, 6.45) is 8.08. The fraction of sp³-hybridized carbons (Fsp3) is 0.188. The predicted molar refractivity (Wildman–Crippen MR) is 80.0 cm³/mol. The van der Waals surface area contributed by atoms with Crippen LogP contribution in [0.25, 0.3) is 0 Å².